The molecule has 1 aromatic carbocycles. The van der Waals surface area contributed by atoms with Crippen molar-refractivity contribution in [3.05, 3.63) is 22.2 Å². The molecule has 1 aliphatic heterocycles. The van der Waals surface area contributed by atoms with Crippen molar-refractivity contribution < 1.29 is 8.42 Å². The van der Waals surface area contributed by atoms with Crippen molar-refractivity contribution in [3.63, 3.8) is 0 Å². The Bertz CT molecular complexity index is 560. The normalized spacial score (nSPS) is 14.5. The number of nitrogens with one attached hydrogen (secondary N) is 2. The molecule has 0 bridgehead atoms. The largest absolute Gasteiger partial charge is 0.301 e. The molecule has 0 radical (unpaired) electrons. The Labute approximate surface area is 116 Å². The Morgan fingerprint density at radius 2 is 2.11 bits per heavy atom. The lowest BCUT2D eigenvalue weighted by molar-refractivity contribution is 0.597. The first-order valence-corrected chi connectivity index (χ1v) is 8.50. The molecular formula is C11H16BrN3O2S. The van der Waals surface area contributed by atoms with Gasteiger partial charge >= 0.3 is 0 Å². The van der Waals surface area contributed by atoms with Crippen LogP contribution in [-0.4, -0.2) is 27.0 Å². The van der Waals surface area contributed by atoms with E-state index in [2.05, 4.69) is 26.9 Å². The van der Waals surface area contributed by atoms with Gasteiger partial charge in [-0.1, -0.05) is 15.9 Å². The van der Waals surface area contributed by atoms with Gasteiger partial charge in [0.25, 0.3) is 0 Å². The van der Waals surface area contributed by atoms with Gasteiger partial charge in [0.2, 0.25) is 0 Å². The molecule has 0 spiro atoms. The third-order valence-corrected chi connectivity index (χ3v) is 4.77. The molecule has 0 aromatic heterocycles. The number of nitrogens with zero attached hydrogens (tertiary/aromatic N) is 1. The highest BCUT2D eigenvalue weighted by atomic mass is 79.9. The van der Waals surface area contributed by atoms with Crippen molar-refractivity contribution in [1.29, 1.82) is 0 Å². The van der Waals surface area contributed by atoms with Crippen molar-refractivity contribution in [2.24, 2.45) is 0 Å². The van der Waals surface area contributed by atoms with E-state index in [1.165, 1.54) is 6.26 Å². The minimum absolute atomic E-state index is 0.204. The van der Waals surface area contributed by atoms with E-state index in [0.717, 1.165) is 21.4 Å². The highest BCUT2D eigenvalue weighted by Crippen LogP contribution is 2.35. The number of anilines is 2. The minimum Gasteiger partial charge on any atom is -0.301 e. The summed E-state index contributed by atoms with van der Waals surface area (Å²) >= 11 is 3.48. The molecule has 0 saturated heterocycles. The Morgan fingerprint density at radius 1 is 1.39 bits per heavy atom. The molecule has 0 saturated carbocycles. The van der Waals surface area contributed by atoms with Crippen LogP contribution in [0.15, 0.2) is 16.6 Å². The van der Waals surface area contributed by atoms with Crippen LogP contribution in [0.5, 0.6) is 0 Å². The summed E-state index contributed by atoms with van der Waals surface area (Å²) in [6.45, 7) is 2.67. The van der Waals surface area contributed by atoms with Crippen molar-refractivity contribution >= 4 is 37.1 Å². The second kappa shape index (κ2) is 5.07. The van der Waals surface area contributed by atoms with Crippen LogP contribution in [0.3, 0.4) is 0 Å². The molecule has 0 atom stereocenters. The highest BCUT2D eigenvalue weighted by molar-refractivity contribution is 9.10. The fourth-order valence-corrected chi connectivity index (χ4v) is 2.88. The molecule has 2 rings (SSSR count). The van der Waals surface area contributed by atoms with E-state index in [1.54, 1.807) is 0 Å². The molecular weight excluding hydrogens is 318 g/mol. The smallest absolute Gasteiger partial charge is 0.147 e. The van der Waals surface area contributed by atoms with Crippen molar-refractivity contribution in [2.45, 2.75) is 13.3 Å². The number of benzene rings is 1. The molecule has 0 amide bonds. The fraction of sp³-hybridized carbons (Fsp3) is 0.455. The van der Waals surface area contributed by atoms with Crippen molar-refractivity contribution in [1.82, 2.24) is 5.53 Å². The molecule has 1 aromatic rings. The van der Waals surface area contributed by atoms with E-state index in [0.29, 0.717) is 13.0 Å². The maximum Gasteiger partial charge on any atom is 0.147 e. The average molecular weight is 334 g/mol. The van der Waals surface area contributed by atoms with Crippen LogP contribution < -0.4 is 16.0 Å². The van der Waals surface area contributed by atoms with Gasteiger partial charge in [-0.15, -0.1) is 5.53 Å². The number of hydrogen-bond donors (Lipinski definition) is 2. The number of hydrazine groups is 2. The Balaban J connectivity index is 2.06. The Kier molecular flexibility index (Phi) is 3.84. The molecule has 0 fully saturated rings. The standard InChI is InChI=1S/C11H16BrN3O2S/c1-8-9(12)4-5-10-11(8)13-14-15(10)6-3-7-18(2,16)17/h4-5,13-14H,3,6-7H2,1-2H3. The third kappa shape index (κ3) is 2.96. The Hall–Kier alpha value is -0.790. The van der Waals surface area contributed by atoms with Crippen LogP contribution in [0.25, 0.3) is 0 Å². The van der Waals surface area contributed by atoms with E-state index in [1.807, 2.05) is 24.1 Å². The maximum atomic E-state index is 11.1. The second-order valence-corrected chi connectivity index (χ2v) is 7.55. The predicted molar refractivity (Wildman–Crippen MR) is 77.3 cm³/mol. The lowest BCUT2D eigenvalue weighted by atomic mass is 10.1. The van der Waals surface area contributed by atoms with Crippen molar-refractivity contribution in [3.8, 4) is 0 Å². The first-order valence-electron chi connectivity index (χ1n) is 5.64. The van der Waals surface area contributed by atoms with Gasteiger partial charge in [0.15, 0.2) is 0 Å². The number of hydrogen-bond acceptors (Lipinski definition) is 5. The van der Waals surface area contributed by atoms with E-state index >= 15 is 0 Å². The second-order valence-electron chi connectivity index (χ2n) is 4.44. The van der Waals surface area contributed by atoms with Crippen LogP contribution >= 0.6 is 15.9 Å². The van der Waals surface area contributed by atoms with Gasteiger partial charge in [0.05, 0.1) is 17.1 Å². The van der Waals surface area contributed by atoms with Crippen LogP contribution in [0, 0.1) is 6.92 Å². The molecule has 2 N–H and O–H groups in total. The summed E-state index contributed by atoms with van der Waals surface area (Å²) in [5.74, 6) is 0.204. The van der Waals surface area contributed by atoms with Gasteiger partial charge in [0, 0.05) is 17.3 Å². The minimum atomic E-state index is -2.89. The summed E-state index contributed by atoms with van der Waals surface area (Å²) in [4.78, 5) is 0. The van der Waals surface area contributed by atoms with Crippen LogP contribution in [0.4, 0.5) is 11.4 Å². The molecule has 0 aliphatic carbocycles. The summed E-state index contributed by atoms with van der Waals surface area (Å²) in [5.41, 5.74) is 9.35. The van der Waals surface area contributed by atoms with Gasteiger partial charge in [-0.05, 0) is 31.0 Å². The number of rotatable bonds is 4. The lowest BCUT2D eigenvalue weighted by Crippen LogP contribution is -2.37. The van der Waals surface area contributed by atoms with E-state index in [4.69, 9.17) is 0 Å². The fourth-order valence-electron chi connectivity index (χ4n) is 1.90. The van der Waals surface area contributed by atoms with Gasteiger partial charge in [-0.25, -0.2) is 8.42 Å². The van der Waals surface area contributed by atoms with E-state index < -0.39 is 9.84 Å². The Morgan fingerprint density at radius 3 is 2.78 bits per heavy atom. The topological polar surface area (TPSA) is 61.4 Å². The SMILES string of the molecule is Cc1c(Br)ccc2c1NNN2CCCS(C)(=O)=O. The summed E-state index contributed by atoms with van der Waals surface area (Å²) in [6.07, 6.45) is 1.86. The average Bonchev–Trinajstić information content (AvgIpc) is 2.66. The van der Waals surface area contributed by atoms with Crippen LogP contribution in [0.1, 0.15) is 12.0 Å². The monoisotopic (exact) mass is 333 g/mol. The predicted octanol–water partition coefficient (Wildman–Crippen LogP) is 1.84. The first kappa shape index (κ1) is 13.6. The maximum absolute atomic E-state index is 11.1. The van der Waals surface area contributed by atoms with Gasteiger partial charge in [-0.3, -0.25) is 5.01 Å². The number of fused-ring (bicyclic) bond motifs is 1. The third-order valence-electron chi connectivity index (χ3n) is 2.88. The number of sulfone groups is 1. The molecule has 1 heterocycles. The van der Waals surface area contributed by atoms with E-state index in [-0.39, 0.29) is 5.75 Å². The summed E-state index contributed by atoms with van der Waals surface area (Å²) in [5, 5.41) is 1.93. The quantitative estimate of drug-likeness (QED) is 0.880. The molecule has 5 nitrogen and oxygen atoms in total. The first-order chi connectivity index (χ1) is 8.38. The zero-order chi connectivity index (χ0) is 13.3. The van der Waals surface area contributed by atoms with Crippen LogP contribution in [-0.2, 0) is 9.84 Å². The summed E-state index contributed by atoms with van der Waals surface area (Å²) in [7, 11) is -2.89. The summed E-state index contributed by atoms with van der Waals surface area (Å²) in [6, 6.07) is 3.99. The molecule has 100 valence electrons. The van der Waals surface area contributed by atoms with Gasteiger partial charge in [-0.2, -0.15) is 0 Å². The van der Waals surface area contributed by atoms with E-state index in [9.17, 15) is 8.42 Å². The molecule has 18 heavy (non-hydrogen) atoms. The zero-order valence-electron chi connectivity index (χ0n) is 10.3. The summed E-state index contributed by atoms with van der Waals surface area (Å²) < 4.78 is 23.2. The van der Waals surface area contributed by atoms with Gasteiger partial charge < -0.3 is 5.43 Å². The van der Waals surface area contributed by atoms with Crippen LogP contribution in [0.2, 0.25) is 0 Å². The molecule has 0 unspecified atom stereocenters. The molecule has 1 aliphatic rings. The highest BCUT2D eigenvalue weighted by Gasteiger charge is 2.20. The molecule has 7 heteroatoms. The van der Waals surface area contributed by atoms with Crippen molar-refractivity contribution in [2.75, 3.05) is 29.0 Å². The van der Waals surface area contributed by atoms with Gasteiger partial charge in [0.1, 0.15) is 9.84 Å². The zero-order valence-corrected chi connectivity index (χ0v) is 12.7. The lowest BCUT2D eigenvalue weighted by Gasteiger charge is -2.17. The number of halogens is 1.